The van der Waals surface area contributed by atoms with Crippen LogP contribution in [0.1, 0.15) is 27.6 Å². The summed E-state index contributed by atoms with van der Waals surface area (Å²) in [4.78, 5) is 0.846. The molecule has 1 aliphatic rings. The molecule has 2 atom stereocenters. The van der Waals surface area contributed by atoms with Gasteiger partial charge in [-0.2, -0.15) is 37.1 Å². The molecule has 3 N–H and O–H groups in total. The van der Waals surface area contributed by atoms with E-state index in [1.807, 2.05) is 11.4 Å². The van der Waals surface area contributed by atoms with Crippen LogP contribution in [0.15, 0.2) is 53.9 Å². The first-order valence-corrected chi connectivity index (χ1v) is 10.7. The number of ether oxygens (including phenoxy) is 1. The lowest BCUT2D eigenvalue weighted by Crippen LogP contribution is -2.32. The molecule has 1 aromatic heterocycles. The molecule has 0 radical (unpaired) electrons. The molecule has 34 heavy (non-hydrogen) atoms. The van der Waals surface area contributed by atoms with E-state index < -0.39 is 41.7 Å². The quantitative estimate of drug-likeness (QED) is 0.401. The number of benzene rings is 2. The summed E-state index contributed by atoms with van der Waals surface area (Å²) >= 11 is 1.42. The summed E-state index contributed by atoms with van der Waals surface area (Å²) in [6, 6.07) is 10.9. The number of nitrogens with one attached hydrogen (secondary N) is 3. The minimum Gasteiger partial charge on any atom is -0.489 e. The molecule has 0 amide bonds. The molecule has 3 aromatic rings. The number of nitrogens with zero attached hydrogens (tertiary/aromatic N) is 1. The molecular weight excluding hydrogens is 482 g/mol. The van der Waals surface area contributed by atoms with Crippen molar-refractivity contribution in [3.8, 4) is 22.9 Å². The summed E-state index contributed by atoms with van der Waals surface area (Å²) < 4.78 is 84.6. The Morgan fingerprint density at radius 2 is 1.76 bits per heavy atom. The van der Waals surface area contributed by atoms with Gasteiger partial charge in [0.2, 0.25) is 0 Å². The zero-order chi connectivity index (χ0) is 24.5. The summed E-state index contributed by atoms with van der Waals surface area (Å²) in [7, 11) is 0. The van der Waals surface area contributed by atoms with E-state index in [0.717, 1.165) is 10.4 Å². The van der Waals surface area contributed by atoms with E-state index in [0.29, 0.717) is 23.8 Å². The molecule has 2 aromatic carbocycles. The molecule has 0 spiro atoms. The first-order chi connectivity index (χ1) is 16.1. The van der Waals surface area contributed by atoms with Gasteiger partial charge in [-0.1, -0.05) is 12.1 Å². The van der Waals surface area contributed by atoms with E-state index in [9.17, 15) is 31.6 Å². The Labute approximate surface area is 193 Å². The number of hydrogen-bond acceptors (Lipinski definition) is 6. The highest BCUT2D eigenvalue weighted by atomic mass is 32.1. The Morgan fingerprint density at radius 1 is 0.971 bits per heavy atom. The van der Waals surface area contributed by atoms with Crippen LogP contribution < -0.4 is 21.1 Å². The molecule has 2 unspecified atom stereocenters. The molecule has 2 heterocycles. The third kappa shape index (κ3) is 5.02. The average Bonchev–Trinajstić information content (AvgIpc) is 3.45. The second kappa shape index (κ2) is 9.27. The highest BCUT2D eigenvalue weighted by Crippen LogP contribution is 2.38. The fraction of sp³-hybridized carbons (Fsp3) is 0.227. The van der Waals surface area contributed by atoms with Crippen LogP contribution in [-0.2, 0) is 19.0 Å². The molecule has 0 saturated carbocycles. The summed E-state index contributed by atoms with van der Waals surface area (Å²) in [5.41, 5.74) is 6.94. The standard InChI is InChI=1S/C22H16F6N4OS/c23-21(24,25)14-4-5-17(22(26,27)28)13(8-14)11-33-15-3-1-2-12(9-15)16-6-7-34-20(16)19-18(10-29)30-32-31-19/h1-9,18-19,30-32H,11H2. The van der Waals surface area contributed by atoms with Gasteiger partial charge in [0.05, 0.1) is 23.2 Å². The second-order valence-corrected chi connectivity index (χ2v) is 8.33. The molecule has 0 aliphatic carbocycles. The van der Waals surface area contributed by atoms with Crippen molar-refractivity contribution in [2.24, 2.45) is 0 Å². The van der Waals surface area contributed by atoms with Crippen molar-refractivity contribution in [1.82, 2.24) is 16.4 Å². The number of nitriles is 1. The highest BCUT2D eigenvalue weighted by Gasteiger charge is 2.37. The number of rotatable bonds is 5. The second-order valence-electron chi connectivity index (χ2n) is 7.38. The van der Waals surface area contributed by atoms with Gasteiger partial charge in [0, 0.05) is 10.4 Å². The van der Waals surface area contributed by atoms with Gasteiger partial charge < -0.3 is 4.74 Å². The van der Waals surface area contributed by atoms with E-state index in [-0.39, 0.29) is 11.8 Å². The van der Waals surface area contributed by atoms with Crippen LogP contribution in [0.5, 0.6) is 5.75 Å². The SMILES string of the molecule is N#CC1NNNC1c1sccc1-c1cccc(OCc2cc(C(F)(F)F)ccc2C(F)(F)F)c1. The zero-order valence-electron chi connectivity index (χ0n) is 17.1. The maximum absolute atomic E-state index is 13.3. The van der Waals surface area contributed by atoms with E-state index in [2.05, 4.69) is 22.5 Å². The predicted molar refractivity (Wildman–Crippen MR) is 112 cm³/mol. The number of hydrogen-bond donors (Lipinski definition) is 3. The van der Waals surface area contributed by atoms with Crippen molar-refractivity contribution >= 4 is 11.3 Å². The van der Waals surface area contributed by atoms with Crippen LogP contribution in [-0.4, -0.2) is 6.04 Å². The topological polar surface area (TPSA) is 69.1 Å². The Kier molecular flexibility index (Phi) is 6.55. The van der Waals surface area contributed by atoms with E-state index >= 15 is 0 Å². The maximum Gasteiger partial charge on any atom is 0.416 e. The van der Waals surface area contributed by atoms with Crippen molar-refractivity contribution in [3.05, 3.63) is 75.5 Å². The highest BCUT2D eigenvalue weighted by molar-refractivity contribution is 7.10. The van der Waals surface area contributed by atoms with E-state index in [4.69, 9.17) is 4.74 Å². The lowest BCUT2D eigenvalue weighted by Gasteiger charge is -2.17. The van der Waals surface area contributed by atoms with Gasteiger partial charge in [0.1, 0.15) is 18.4 Å². The molecule has 5 nitrogen and oxygen atoms in total. The minimum absolute atomic E-state index is 0.188. The molecule has 1 fully saturated rings. The van der Waals surface area contributed by atoms with Gasteiger partial charge in [-0.3, -0.25) is 0 Å². The zero-order valence-corrected chi connectivity index (χ0v) is 17.9. The van der Waals surface area contributed by atoms with Gasteiger partial charge in [0.15, 0.2) is 0 Å². The lowest BCUT2D eigenvalue weighted by molar-refractivity contribution is -0.142. The lowest BCUT2D eigenvalue weighted by atomic mass is 10.0. The molecule has 0 bridgehead atoms. The predicted octanol–water partition coefficient (Wildman–Crippen LogP) is 5.58. The van der Waals surface area contributed by atoms with Crippen LogP contribution >= 0.6 is 11.3 Å². The van der Waals surface area contributed by atoms with Crippen LogP contribution in [0, 0.1) is 11.3 Å². The van der Waals surface area contributed by atoms with Gasteiger partial charge in [-0.05, 0) is 52.9 Å². The van der Waals surface area contributed by atoms with Crippen molar-refractivity contribution in [1.29, 1.82) is 5.26 Å². The Morgan fingerprint density at radius 3 is 2.47 bits per heavy atom. The summed E-state index contributed by atoms with van der Waals surface area (Å²) in [6.07, 6.45) is -9.61. The van der Waals surface area contributed by atoms with Crippen LogP contribution in [0.25, 0.3) is 11.1 Å². The van der Waals surface area contributed by atoms with E-state index in [1.54, 1.807) is 18.2 Å². The first-order valence-electron chi connectivity index (χ1n) is 9.81. The maximum atomic E-state index is 13.3. The van der Waals surface area contributed by atoms with Crippen molar-refractivity contribution < 1.29 is 31.1 Å². The fourth-order valence-corrected chi connectivity index (χ4v) is 4.57. The largest absolute Gasteiger partial charge is 0.489 e. The molecule has 1 saturated heterocycles. The van der Waals surface area contributed by atoms with Gasteiger partial charge in [-0.15, -0.1) is 11.3 Å². The Balaban J connectivity index is 1.60. The van der Waals surface area contributed by atoms with Crippen LogP contribution in [0.4, 0.5) is 26.3 Å². The van der Waals surface area contributed by atoms with Crippen molar-refractivity contribution in [3.63, 3.8) is 0 Å². The Bertz CT molecular complexity index is 1220. The van der Waals surface area contributed by atoms with E-state index in [1.165, 1.54) is 17.4 Å². The smallest absolute Gasteiger partial charge is 0.416 e. The molecular formula is C22H16F6N4OS. The normalized spacial score (nSPS) is 18.6. The first kappa shape index (κ1) is 24.0. The van der Waals surface area contributed by atoms with Gasteiger partial charge >= 0.3 is 12.4 Å². The third-order valence-electron chi connectivity index (χ3n) is 5.18. The summed E-state index contributed by atoms with van der Waals surface area (Å²) in [5, 5.41) is 11.1. The number of thiophene rings is 1. The fourth-order valence-electron chi connectivity index (χ4n) is 3.57. The van der Waals surface area contributed by atoms with Gasteiger partial charge in [-0.25, -0.2) is 10.9 Å². The average molecular weight is 498 g/mol. The minimum atomic E-state index is -4.83. The summed E-state index contributed by atoms with van der Waals surface area (Å²) in [6.45, 7) is -0.701. The van der Waals surface area contributed by atoms with Crippen LogP contribution in [0.3, 0.4) is 0 Å². The van der Waals surface area contributed by atoms with Crippen LogP contribution in [0.2, 0.25) is 0 Å². The molecule has 1 aliphatic heterocycles. The molecule has 178 valence electrons. The molecule has 4 rings (SSSR count). The molecule has 12 heteroatoms. The Hall–Kier alpha value is -3.11. The number of halogens is 6. The number of alkyl halides is 6. The third-order valence-corrected chi connectivity index (χ3v) is 6.18. The van der Waals surface area contributed by atoms with Gasteiger partial charge in [0.25, 0.3) is 0 Å². The van der Waals surface area contributed by atoms with Crippen molar-refractivity contribution in [2.45, 2.75) is 31.0 Å². The monoisotopic (exact) mass is 498 g/mol. The van der Waals surface area contributed by atoms with Crippen molar-refractivity contribution in [2.75, 3.05) is 0 Å². The summed E-state index contributed by atoms with van der Waals surface area (Å²) in [5.74, 6) is 0.188. The number of hydrazine groups is 2.